The Morgan fingerprint density at radius 2 is 1.47 bits per heavy atom. The summed E-state index contributed by atoms with van der Waals surface area (Å²) in [7, 11) is 0. The lowest BCUT2D eigenvalue weighted by Gasteiger charge is -2.19. The Bertz CT molecular complexity index is 1120. The van der Waals surface area contributed by atoms with E-state index < -0.39 is 27.7 Å². The molecule has 0 saturated carbocycles. The lowest BCUT2D eigenvalue weighted by molar-refractivity contribution is -0.137. The molecule has 0 radical (unpaired) electrons. The van der Waals surface area contributed by atoms with Crippen molar-refractivity contribution >= 4 is 33.3 Å². The molecule has 0 unspecified atom stereocenters. The number of hydrogen-bond acceptors (Lipinski definition) is 2. The van der Waals surface area contributed by atoms with Gasteiger partial charge in [-0.25, -0.2) is 0 Å². The highest BCUT2D eigenvalue weighted by Crippen LogP contribution is 2.36. The van der Waals surface area contributed by atoms with E-state index in [0.29, 0.717) is 0 Å². The third-order valence-corrected chi connectivity index (χ3v) is 5.22. The number of alkyl halides is 4. The first kappa shape index (κ1) is 23.7. The van der Waals surface area contributed by atoms with Gasteiger partial charge >= 0.3 is 6.18 Å². The zero-order chi connectivity index (χ0) is 23.5. The Kier molecular flexibility index (Phi) is 6.88. The van der Waals surface area contributed by atoms with Crippen LogP contribution in [-0.2, 0) is 17.4 Å². The average Bonchev–Trinajstić information content (AvgIpc) is 2.73. The van der Waals surface area contributed by atoms with Crippen molar-refractivity contribution in [3.63, 3.8) is 0 Å². The molecule has 1 N–H and O–H groups in total. The second kappa shape index (κ2) is 9.28. The predicted molar refractivity (Wildman–Crippen MR) is 123 cm³/mol. The van der Waals surface area contributed by atoms with Crippen molar-refractivity contribution in [1.29, 1.82) is 0 Å². The number of carbonyl (C=O) groups is 2. The summed E-state index contributed by atoms with van der Waals surface area (Å²) >= 11 is 3.13. The molecule has 166 valence electrons. The standard InChI is InChI=1S/C25H21BrF3NO2/c1-24(2,26)23(32)30-21-15-19(12-13-20(21)25(27,28)29)22(31)14-16-8-10-18(11-9-16)17-6-4-3-5-7-17/h3-13,15H,14H2,1-2H3,(H,30,32). The quantitative estimate of drug-likeness (QED) is 0.293. The maximum Gasteiger partial charge on any atom is 0.418 e. The summed E-state index contributed by atoms with van der Waals surface area (Å²) in [4.78, 5) is 25.0. The van der Waals surface area contributed by atoms with Crippen LogP contribution in [0.1, 0.15) is 35.3 Å². The van der Waals surface area contributed by atoms with Crippen molar-refractivity contribution in [2.75, 3.05) is 5.32 Å². The van der Waals surface area contributed by atoms with Gasteiger partial charge in [0.25, 0.3) is 0 Å². The molecule has 0 bridgehead atoms. The summed E-state index contributed by atoms with van der Waals surface area (Å²) in [5, 5.41) is 2.28. The van der Waals surface area contributed by atoms with Gasteiger partial charge in [0.05, 0.1) is 15.6 Å². The van der Waals surface area contributed by atoms with Gasteiger partial charge in [0.15, 0.2) is 5.78 Å². The molecule has 3 nitrogen and oxygen atoms in total. The highest BCUT2D eigenvalue weighted by molar-refractivity contribution is 9.10. The van der Waals surface area contributed by atoms with Crippen molar-refractivity contribution in [2.24, 2.45) is 0 Å². The molecule has 3 aromatic carbocycles. The van der Waals surface area contributed by atoms with Crippen LogP contribution in [0.15, 0.2) is 72.8 Å². The number of rotatable bonds is 6. The Hall–Kier alpha value is -2.93. The zero-order valence-corrected chi connectivity index (χ0v) is 19.0. The topological polar surface area (TPSA) is 46.2 Å². The van der Waals surface area contributed by atoms with Gasteiger partial charge in [-0.3, -0.25) is 9.59 Å². The Labute approximate surface area is 192 Å². The molecular formula is C25H21BrF3NO2. The fourth-order valence-electron chi connectivity index (χ4n) is 3.07. The van der Waals surface area contributed by atoms with E-state index in [9.17, 15) is 22.8 Å². The molecule has 7 heteroatoms. The first-order valence-electron chi connectivity index (χ1n) is 9.84. The molecule has 0 fully saturated rings. The minimum absolute atomic E-state index is 0.0256. The number of carbonyl (C=O) groups excluding carboxylic acids is 2. The fraction of sp³-hybridized carbons (Fsp3) is 0.200. The van der Waals surface area contributed by atoms with Gasteiger partial charge in [-0.15, -0.1) is 0 Å². The van der Waals surface area contributed by atoms with Crippen molar-refractivity contribution in [3.8, 4) is 11.1 Å². The Balaban J connectivity index is 1.83. The minimum Gasteiger partial charge on any atom is -0.324 e. The van der Waals surface area contributed by atoms with Crippen LogP contribution >= 0.6 is 15.9 Å². The van der Waals surface area contributed by atoms with Crippen molar-refractivity contribution in [1.82, 2.24) is 0 Å². The van der Waals surface area contributed by atoms with Gasteiger partial charge in [0.2, 0.25) is 5.91 Å². The van der Waals surface area contributed by atoms with E-state index in [4.69, 9.17) is 0 Å². The van der Waals surface area contributed by atoms with Crippen LogP contribution in [0.3, 0.4) is 0 Å². The summed E-state index contributed by atoms with van der Waals surface area (Å²) in [5.41, 5.74) is 1.42. The van der Waals surface area contributed by atoms with Crippen LogP contribution in [0.2, 0.25) is 0 Å². The largest absolute Gasteiger partial charge is 0.418 e. The summed E-state index contributed by atoms with van der Waals surface area (Å²) in [6.07, 6.45) is -4.65. The van der Waals surface area contributed by atoms with E-state index in [1.165, 1.54) is 13.8 Å². The van der Waals surface area contributed by atoms with E-state index >= 15 is 0 Å². The summed E-state index contributed by atoms with van der Waals surface area (Å²) in [6.45, 7) is 3.04. The molecule has 0 aliphatic rings. The van der Waals surface area contributed by atoms with Gasteiger partial charge in [0, 0.05) is 12.0 Å². The molecule has 0 spiro atoms. The highest BCUT2D eigenvalue weighted by atomic mass is 79.9. The van der Waals surface area contributed by atoms with Crippen molar-refractivity contribution in [2.45, 2.75) is 30.8 Å². The lowest BCUT2D eigenvalue weighted by Crippen LogP contribution is -2.32. The monoisotopic (exact) mass is 503 g/mol. The van der Waals surface area contributed by atoms with E-state index in [2.05, 4.69) is 21.2 Å². The van der Waals surface area contributed by atoms with Crippen LogP contribution < -0.4 is 5.32 Å². The third-order valence-electron chi connectivity index (χ3n) is 4.86. The van der Waals surface area contributed by atoms with E-state index in [1.807, 2.05) is 54.6 Å². The molecule has 0 atom stereocenters. The molecule has 1 amide bonds. The van der Waals surface area contributed by atoms with Crippen molar-refractivity contribution in [3.05, 3.63) is 89.5 Å². The van der Waals surface area contributed by atoms with Gasteiger partial charge in [-0.05, 0) is 42.7 Å². The van der Waals surface area contributed by atoms with E-state index in [0.717, 1.165) is 34.9 Å². The van der Waals surface area contributed by atoms with Crippen LogP contribution in [0.4, 0.5) is 18.9 Å². The first-order valence-corrected chi connectivity index (χ1v) is 10.6. The molecule has 32 heavy (non-hydrogen) atoms. The fourth-order valence-corrected chi connectivity index (χ4v) is 3.17. The zero-order valence-electron chi connectivity index (χ0n) is 17.5. The predicted octanol–water partition coefficient (Wildman–Crippen LogP) is 6.91. The first-order chi connectivity index (χ1) is 14.9. The lowest BCUT2D eigenvalue weighted by atomic mass is 9.98. The van der Waals surface area contributed by atoms with Gasteiger partial charge in [0.1, 0.15) is 0 Å². The van der Waals surface area contributed by atoms with Crippen LogP contribution in [0.25, 0.3) is 11.1 Å². The Morgan fingerprint density at radius 1 is 0.875 bits per heavy atom. The number of anilines is 1. The second-order valence-corrected chi connectivity index (χ2v) is 9.83. The highest BCUT2D eigenvalue weighted by Gasteiger charge is 2.35. The maximum absolute atomic E-state index is 13.4. The average molecular weight is 504 g/mol. The number of halogens is 4. The van der Waals surface area contributed by atoms with Crippen LogP contribution in [0.5, 0.6) is 0 Å². The van der Waals surface area contributed by atoms with Crippen molar-refractivity contribution < 1.29 is 22.8 Å². The molecule has 0 aliphatic heterocycles. The number of amides is 1. The number of ketones is 1. The SMILES string of the molecule is CC(C)(Br)C(=O)Nc1cc(C(=O)Cc2ccc(-c3ccccc3)cc2)ccc1C(F)(F)F. The third kappa shape index (κ3) is 5.85. The van der Waals surface area contributed by atoms with Crippen LogP contribution in [-0.4, -0.2) is 16.0 Å². The number of benzene rings is 3. The molecule has 0 heterocycles. The maximum atomic E-state index is 13.4. The number of nitrogens with one attached hydrogen (secondary N) is 1. The molecule has 0 saturated heterocycles. The Morgan fingerprint density at radius 3 is 2.03 bits per heavy atom. The molecule has 3 aromatic rings. The second-order valence-electron chi connectivity index (χ2n) is 7.85. The summed E-state index contributed by atoms with van der Waals surface area (Å²) < 4.78 is 39.1. The van der Waals surface area contributed by atoms with Gasteiger partial charge in [-0.1, -0.05) is 76.6 Å². The summed E-state index contributed by atoms with van der Waals surface area (Å²) in [5.74, 6) is -0.996. The van der Waals surface area contributed by atoms with E-state index in [1.54, 1.807) is 0 Å². The minimum atomic E-state index is -4.67. The molecule has 0 aliphatic carbocycles. The van der Waals surface area contributed by atoms with Gasteiger partial charge in [-0.2, -0.15) is 13.2 Å². The molecule has 3 rings (SSSR count). The smallest absolute Gasteiger partial charge is 0.324 e. The normalized spacial score (nSPS) is 11.8. The summed E-state index contributed by atoms with van der Waals surface area (Å²) in [6, 6.07) is 20.2. The number of Topliss-reactive ketones (excluding diaryl/α,β-unsaturated/α-hetero) is 1. The van der Waals surface area contributed by atoms with Gasteiger partial charge < -0.3 is 5.32 Å². The molecular weight excluding hydrogens is 483 g/mol. The molecule has 0 aromatic heterocycles. The van der Waals surface area contributed by atoms with Crippen LogP contribution in [0, 0.1) is 0 Å². The van der Waals surface area contributed by atoms with E-state index in [-0.39, 0.29) is 17.8 Å². The number of hydrogen-bond donors (Lipinski definition) is 1.